The van der Waals surface area contributed by atoms with Crippen molar-refractivity contribution in [2.24, 2.45) is 0 Å². The fraction of sp³-hybridized carbons (Fsp3) is 0.167. The number of amides is 1. The van der Waals surface area contributed by atoms with Crippen molar-refractivity contribution in [3.63, 3.8) is 0 Å². The van der Waals surface area contributed by atoms with Crippen LogP contribution in [0.15, 0.2) is 59.4 Å². The fourth-order valence-corrected chi connectivity index (χ4v) is 3.13. The van der Waals surface area contributed by atoms with E-state index in [1.165, 1.54) is 20.5 Å². The molecule has 5 nitrogen and oxygen atoms in total. The van der Waals surface area contributed by atoms with E-state index in [-0.39, 0.29) is 18.0 Å². The number of benzene rings is 1. The number of anilines is 1. The van der Waals surface area contributed by atoms with Crippen molar-refractivity contribution < 1.29 is 4.79 Å². The van der Waals surface area contributed by atoms with Crippen LogP contribution in [-0.2, 0) is 11.3 Å². The number of hydrogen-bond donors (Lipinski definition) is 0. The summed E-state index contributed by atoms with van der Waals surface area (Å²) >= 11 is 1.60. The molecule has 0 aliphatic rings. The number of aryl methyl sites for hydroxylation is 1. The van der Waals surface area contributed by atoms with Gasteiger partial charge in [-0.1, -0.05) is 18.2 Å². The van der Waals surface area contributed by atoms with Gasteiger partial charge in [0, 0.05) is 23.7 Å². The van der Waals surface area contributed by atoms with Crippen molar-refractivity contribution >= 4 is 22.9 Å². The Hall–Kier alpha value is -2.73. The molecule has 1 amide bonds. The molecule has 0 unspecified atom stereocenters. The van der Waals surface area contributed by atoms with Gasteiger partial charge >= 0.3 is 0 Å². The minimum absolute atomic E-state index is 0.0948. The van der Waals surface area contributed by atoms with Gasteiger partial charge in [-0.25, -0.2) is 4.68 Å². The Balaban J connectivity index is 1.84. The Morgan fingerprint density at radius 3 is 2.54 bits per heavy atom. The first-order valence-electron chi connectivity index (χ1n) is 7.51. The number of carbonyl (C=O) groups excluding carboxylic acids is 1. The predicted molar refractivity (Wildman–Crippen MR) is 96.4 cm³/mol. The van der Waals surface area contributed by atoms with Crippen LogP contribution in [0, 0.1) is 6.92 Å². The molecule has 3 rings (SSSR count). The maximum atomic E-state index is 12.4. The summed E-state index contributed by atoms with van der Waals surface area (Å²) in [6, 6.07) is 16.4. The molecular formula is C18H17N3O2S. The molecule has 6 heteroatoms. The number of nitrogens with zero attached hydrogens (tertiary/aromatic N) is 3. The van der Waals surface area contributed by atoms with Gasteiger partial charge in [-0.2, -0.15) is 5.10 Å². The van der Waals surface area contributed by atoms with E-state index in [0.29, 0.717) is 5.69 Å². The molecule has 0 saturated carbocycles. The van der Waals surface area contributed by atoms with Gasteiger partial charge in [0.1, 0.15) is 12.2 Å². The van der Waals surface area contributed by atoms with E-state index in [1.807, 2.05) is 49.4 Å². The van der Waals surface area contributed by atoms with E-state index in [0.717, 1.165) is 10.6 Å². The number of hydrogen-bond acceptors (Lipinski definition) is 4. The van der Waals surface area contributed by atoms with Crippen molar-refractivity contribution in [3.05, 3.63) is 69.8 Å². The third-order valence-electron chi connectivity index (χ3n) is 3.66. The molecule has 24 heavy (non-hydrogen) atoms. The number of aromatic nitrogens is 2. The van der Waals surface area contributed by atoms with Gasteiger partial charge in [0.15, 0.2) is 0 Å². The summed E-state index contributed by atoms with van der Waals surface area (Å²) in [7, 11) is 1.69. The molecule has 0 saturated heterocycles. The molecule has 0 spiro atoms. The average molecular weight is 339 g/mol. The average Bonchev–Trinajstić information content (AvgIpc) is 3.03. The summed E-state index contributed by atoms with van der Waals surface area (Å²) in [5, 5.41) is 4.34. The monoisotopic (exact) mass is 339 g/mol. The highest BCUT2D eigenvalue weighted by Gasteiger charge is 2.14. The fourth-order valence-electron chi connectivity index (χ4n) is 2.30. The van der Waals surface area contributed by atoms with Gasteiger partial charge in [0.05, 0.1) is 4.88 Å². The van der Waals surface area contributed by atoms with E-state index in [1.54, 1.807) is 24.5 Å². The lowest BCUT2D eigenvalue weighted by Gasteiger charge is -2.17. The van der Waals surface area contributed by atoms with Crippen molar-refractivity contribution in [2.75, 3.05) is 11.9 Å². The highest BCUT2D eigenvalue weighted by atomic mass is 32.1. The molecule has 2 heterocycles. The lowest BCUT2D eigenvalue weighted by molar-refractivity contribution is -0.119. The van der Waals surface area contributed by atoms with Crippen LogP contribution in [0.5, 0.6) is 0 Å². The number of para-hydroxylation sites is 1. The second-order valence-corrected chi connectivity index (χ2v) is 6.70. The largest absolute Gasteiger partial charge is 0.314 e. The van der Waals surface area contributed by atoms with Gasteiger partial charge in [-0.3, -0.25) is 9.59 Å². The SMILES string of the molecule is Cc1ccc(-c2ccc(=O)n(CC(=O)N(C)c3ccccc3)n2)s1. The minimum atomic E-state index is -0.290. The summed E-state index contributed by atoms with van der Waals surface area (Å²) in [5.74, 6) is -0.199. The standard InChI is InChI=1S/C18H17N3O2S/c1-13-8-10-16(24-13)15-9-11-17(22)21(19-15)12-18(23)20(2)14-6-4-3-5-7-14/h3-11H,12H2,1-2H3. The van der Waals surface area contributed by atoms with Crippen molar-refractivity contribution in [1.82, 2.24) is 9.78 Å². The van der Waals surface area contributed by atoms with Crippen LogP contribution in [0.25, 0.3) is 10.6 Å². The van der Waals surface area contributed by atoms with Crippen LogP contribution in [0.2, 0.25) is 0 Å². The molecule has 0 aliphatic heterocycles. The lowest BCUT2D eigenvalue weighted by atomic mass is 10.3. The summed E-state index contributed by atoms with van der Waals surface area (Å²) in [5.41, 5.74) is 1.19. The predicted octanol–water partition coefficient (Wildman–Crippen LogP) is 2.94. The third-order valence-corrected chi connectivity index (χ3v) is 4.69. The highest BCUT2D eigenvalue weighted by molar-refractivity contribution is 7.15. The zero-order chi connectivity index (χ0) is 17.1. The molecule has 3 aromatic rings. The van der Waals surface area contributed by atoms with Gasteiger partial charge in [0.25, 0.3) is 5.56 Å². The Kier molecular flexibility index (Phi) is 4.57. The van der Waals surface area contributed by atoms with Gasteiger partial charge in [0.2, 0.25) is 5.91 Å². The first-order chi connectivity index (χ1) is 11.5. The first-order valence-corrected chi connectivity index (χ1v) is 8.33. The Morgan fingerprint density at radius 1 is 1.12 bits per heavy atom. The molecule has 0 atom stereocenters. The van der Waals surface area contributed by atoms with Gasteiger partial charge in [-0.15, -0.1) is 11.3 Å². The summed E-state index contributed by atoms with van der Waals surface area (Å²) in [6.07, 6.45) is 0. The maximum absolute atomic E-state index is 12.4. The van der Waals surface area contributed by atoms with E-state index >= 15 is 0 Å². The van der Waals surface area contributed by atoms with E-state index in [9.17, 15) is 9.59 Å². The number of thiophene rings is 1. The molecule has 0 aliphatic carbocycles. The van der Waals surface area contributed by atoms with Crippen LogP contribution in [0.3, 0.4) is 0 Å². The summed E-state index contributed by atoms with van der Waals surface area (Å²) < 4.78 is 1.21. The summed E-state index contributed by atoms with van der Waals surface area (Å²) in [6.45, 7) is 1.92. The number of likely N-dealkylation sites (N-methyl/N-ethyl adjacent to an activating group) is 1. The van der Waals surface area contributed by atoms with E-state index in [4.69, 9.17) is 0 Å². The molecular weight excluding hydrogens is 322 g/mol. The highest BCUT2D eigenvalue weighted by Crippen LogP contribution is 2.25. The Labute approximate surface area is 143 Å². The maximum Gasteiger partial charge on any atom is 0.267 e. The third kappa shape index (κ3) is 3.44. The number of carbonyl (C=O) groups is 1. The second-order valence-electron chi connectivity index (χ2n) is 5.41. The van der Waals surface area contributed by atoms with Gasteiger partial charge in [-0.05, 0) is 37.3 Å². The molecule has 0 fully saturated rings. The molecule has 0 N–H and O–H groups in total. The van der Waals surface area contributed by atoms with Crippen molar-refractivity contribution in [3.8, 4) is 10.6 Å². The molecule has 0 bridgehead atoms. The zero-order valence-corrected chi connectivity index (χ0v) is 14.3. The first kappa shape index (κ1) is 16.1. The topological polar surface area (TPSA) is 55.2 Å². The van der Waals surface area contributed by atoms with Crippen LogP contribution in [0.4, 0.5) is 5.69 Å². The smallest absolute Gasteiger partial charge is 0.267 e. The van der Waals surface area contributed by atoms with Crippen LogP contribution >= 0.6 is 11.3 Å². The second kappa shape index (κ2) is 6.80. The minimum Gasteiger partial charge on any atom is -0.314 e. The molecule has 0 radical (unpaired) electrons. The lowest BCUT2D eigenvalue weighted by Crippen LogP contribution is -2.34. The van der Waals surface area contributed by atoms with Crippen molar-refractivity contribution in [2.45, 2.75) is 13.5 Å². The van der Waals surface area contributed by atoms with Crippen LogP contribution < -0.4 is 10.5 Å². The van der Waals surface area contributed by atoms with Crippen molar-refractivity contribution in [1.29, 1.82) is 0 Å². The Bertz CT molecular complexity index is 915. The van der Waals surface area contributed by atoms with Gasteiger partial charge < -0.3 is 4.90 Å². The normalized spacial score (nSPS) is 10.6. The molecule has 122 valence electrons. The Morgan fingerprint density at radius 2 is 1.88 bits per heavy atom. The quantitative estimate of drug-likeness (QED) is 0.734. The van der Waals surface area contributed by atoms with Crippen LogP contribution in [-0.4, -0.2) is 22.7 Å². The summed E-state index contributed by atoms with van der Waals surface area (Å²) in [4.78, 5) is 28.2. The number of rotatable bonds is 4. The molecule has 1 aromatic carbocycles. The zero-order valence-electron chi connectivity index (χ0n) is 13.5. The molecule has 2 aromatic heterocycles. The van der Waals surface area contributed by atoms with E-state index < -0.39 is 0 Å². The van der Waals surface area contributed by atoms with E-state index in [2.05, 4.69) is 5.10 Å². The van der Waals surface area contributed by atoms with Crippen LogP contribution in [0.1, 0.15) is 4.88 Å².